The Balaban J connectivity index is 1.81. The molecule has 0 spiro atoms. The van der Waals surface area contributed by atoms with Crippen molar-refractivity contribution in [3.63, 3.8) is 0 Å². The lowest BCUT2D eigenvalue weighted by atomic mass is 9.82. The Morgan fingerprint density at radius 1 is 1.29 bits per heavy atom. The summed E-state index contributed by atoms with van der Waals surface area (Å²) in [6.07, 6.45) is 2.23. The molecule has 3 fully saturated rings. The summed E-state index contributed by atoms with van der Waals surface area (Å²) in [5.74, 6) is -0.0813. The minimum atomic E-state index is -0.311. The van der Waals surface area contributed by atoms with Gasteiger partial charge in [0.05, 0.1) is 0 Å². The second-order valence-electron chi connectivity index (χ2n) is 7.72. The molecule has 5 unspecified atom stereocenters. The summed E-state index contributed by atoms with van der Waals surface area (Å²) >= 11 is 0. The third-order valence-corrected chi connectivity index (χ3v) is 5.60. The molecule has 5 atom stereocenters. The van der Waals surface area contributed by atoms with Crippen LogP contribution in [0.25, 0.3) is 0 Å². The second kappa shape index (κ2) is 6.23. The van der Waals surface area contributed by atoms with Gasteiger partial charge < -0.3 is 9.47 Å². The van der Waals surface area contributed by atoms with E-state index in [0.29, 0.717) is 18.4 Å². The van der Waals surface area contributed by atoms with E-state index in [9.17, 15) is 9.59 Å². The lowest BCUT2D eigenvalue weighted by Crippen LogP contribution is -2.29. The minimum Gasteiger partial charge on any atom is -0.458 e. The first-order valence-electron chi connectivity index (χ1n) is 8.75. The fourth-order valence-electron chi connectivity index (χ4n) is 4.35. The molecule has 3 rings (SSSR count). The number of rotatable bonds is 3. The van der Waals surface area contributed by atoms with Gasteiger partial charge in [-0.1, -0.05) is 39.2 Å². The van der Waals surface area contributed by atoms with Crippen LogP contribution in [-0.4, -0.2) is 24.1 Å². The summed E-state index contributed by atoms with van der Waals surface area (Å²) in [7, 11) is 0. The largest absolute Gasteiger partial charge is 0.458 e. The summed E-state index contributed by atoms with van der Waals surface area (Å²) in [6, 6.07) is 0. The van der Waals surface area contributed by atoms with E-state index in [1.807, 2.05) is 13.8 Å². The molecule has 1 aliphatic heterocycles. The zero-order valence-corrected chi connectivity index (χ0v) is 14.5. The van der Waals surface area contributed by atoms with E-state index in [1.54, 1.807) is 0 Å². The molecule has 0 aromatic rings. The van der Waals surface area contributed by atoms with Crippen LogP contribution < -0.4 is 0 Å². The predicted molar refractivity (Wildman–Crippen MR) is 91.0 cm³/mol. The van der Waals surface area contributed by atoms with Crippen LogP contribution in [0.4, 0.5) is 0 Å². The van der Waals surface area contributed by atoms with Crippen molar-refractivity contribution in [2.75, 3.05) is 0 Å². The molecule has 2 aliphatic carbocycles. The van der Waals surface area contributed by atoms with Crippen LogP contribution in [0.3, 0.4) is 0 Å². The lowest BCUT2D eigenvalue weighted by molar-refractivity contribution is -0.148. The summed E-state index contributed by atoms with van der Waals surface area (Å²) < 4.78 is 11.3. The molecule has 0 N–H and O–H groups in total. The van der Waals surface area contributed by atoms with Gasteiger partial charge in [0.1, 0.15) is 12.2 Å². The molecule has 3 aliphatic rings. The number of carbonyl (C=O) groups excluding carboxylic acids is 2. The highest BCUT2D eigenvalue weighted by Gasteiger charge is 2.53. The molecule has 0 amide bonds. The van der Waals surface area contributed by atoms with Gasteiger partial charge in [-0.05, 0) is 36.7 Å². The van der Waals surface area contributed by atoms with E-state index in [-0.39, 0.29) is 47.8 Å². The first kappa shape index (κ1) is 17.0. The van der Waals surface area contributed by atoms with E-state index in [2.05, 4.69) is 19.7 Å². The van der Waals surface area contributed by atoms with E-state index < -0.39 is 0 Å². The smallest absolute Gasteiger partial charge is 0.334 e. The summed E-state index contributed by atoms with van der Waals surface area (Å²) in [6.45, 7) is 16.3. The Kier molecular flexibility index (Phi) is 4.41. The minimum absolute atomic E-state index is 0.0196. The molecule has 0 radical (unpaired) electrons. The van der Waals surface area contributed by atoms with Crippen LogP contribution in [0.15, 0.2) is 36.5 Å². The van der Waals surface area contributed by atoms with Crippen LogP contribution >= 0.6 is 0 Å². The van der Waals surface area contributed by atoms with Gasteiger partial charge in [0.25, 0.3) is 0 Å². The maximum atomic E-state index is 12.1. The number of hydrogen-bond donors (Lipinski definition) is 0. The zero-order valence-electron chi connectivity index (χ0n) is 14.5. The predicted octanol–water partition coefficient (Wildman–Crippen LogP) is 3.58. The number of ether oxygens (including phenoxy) is 2. The molecule has 0 bridgehead atoms. The van der Waals surface area contributed by atoms with Crippen LogP contribution in [0, 0.1) is 23.7 Å². The van der Waals surface area contributed by atoms with Gasteiger partial charge in [-0.15, -0.1) is 0 Å². The molecule has 24 heavy (non-hydrogen) atoms. The molecule has 1 saturated heterocycles. The van der Waals surface area contributed by atoms with E-state index >= 15 is 0 Å². The molecule has 0 aromatic heterocycles. The average Bonchev–Trinajstić information content (AvgIpc) is 2.89. The third kappa shape index (κ3) is 2.83. The standard InChI is InChI=1S/C20H26O4/c1-10(2)8-17(21)23-16-9-15-11(3)6-7-14-12(4)20(22)24-19(14)18(15)13(16)5/h10,14-16,18-19H,3-9H2,1-2H3. The number of carbonyl (C=O) groups is 2. The van der Waals surface area contributed by atoms with Crippen molar-refractivity contribution in [2.24, 2.45) is 23.7 Å². The number of allylic oxidation sites excluding steroid dienone is 1. The highest BCUT2D eigenvalue weighted by molar-refractivity contribution is 5.91. The van der Waals surface area contributed by atoms with Crippen molar-refractivity contribution < 1.29 is 19.1 Å². The zero-order chi connectivity index (χ0) is 17.6. The Bertz CT molecular complexity index is 615. The normalized spacial score (nSPS) is 35.5. The molecular weight excluding hydrogens is 304 g/mol. The Morgan fingerprint density at radius 3 is 2.67 bits per heavy atom. The van der Waals surface area contributed by atoms with Crippen LogP contribution in [-0.2, 0) is 19.1 Å². The van der Waals surface area contributed by atoms with Gasteiger partial charge in [0.2, 0.25) is 0 Å². The van der Waals surface area contributed by atoms with Crippen LogP contribution in [0.1, 0.15) is 39.5 Å². The van der Waals surface area contributed by atoms with Crippen LogP contribution in [0.5, 0.6) is 0 Å². The Morgan fingerprint density at radius 2 is 2.00 bits per heavy atom. The maximum Gasteiger partial charge on any atom is 0.334 e. The lowest BCUT2D eigenvalue weighted by Gasteiger charge is -2.26. The van der Waals surface area contributed by atoms with Gasteiger partial charge in [0.15, 0.2) is 0 Å². The SMILES string of the molecule is C=C1C(=O)OC2C1CCC(=C)C1CC(OC(=O)CC(C)C)C(=C)C12. The molecular formula is C20H26O4. The fraction of sp³-hybridized carbons (Fsp3) is 0.600. The molecule has 130 valence electrons. The quantitative estimate of drug-likeness (QED) is 0.451. The number of hydrogen-bond acceptors (Lipinski definition) is 4. The summed E-state index contributed by atoms with van der Waals surface area (Å²) in [5, 5.41) is 0. The number of esters is 2. The van der Waals surface area contributed by atoms with Gasteiger partial charge in [0, 0.05) is 23.8 Å². The van der Waals surface area contributed by atoms with Gasteiger partial charge in [-0.25, -0.2) is 4.79 Å². The highest BCUT2D eigenvalue weighted by atomic mass is 16.6. The summed E-state index contributed by atoms with van der Waals surface area (Å²) in [4.78, 5) is 24.0. The Hall–Kier alpha value is -1.84. The molecule has 2 saturated carbocycles. The first-order chi connectivity index (χ1) is 11.3. The van der Waals surface area contributed by atoms with Gasteiger partial charge in [-0.2, -0.15) is 0 Å². The molecule has 4 nitrogen and oxygen atoms in total. The van der Waals surface area contributed by atoms with Gasteiger partial charge in [-0.3, -0.25) is 4.79 Å². The summed E-state index contributed by atoms with van der Waals surface area (Å²) in [5.41, 5.74) is 2.56. The third-order valence-electron chi connectivity index (χ3n) is 5.60. The highest BCUT2D eigenvalue weighted by Crippen LogP contribution is 2.52. The van der Waals surface area contributed by atoms with E-state index in [0.717, 1.165) is 24.0 Å². The van der Waals surface area contributed by atoms with Crippen molar-refractivity contribution in [3.8, 4) is 0 Å². The monoisotopic (exact) mass is 330 g/mol. The van der Waals surface area contributed by atoms with E-state index in [1.165, 1.54) is 0 Å². The molecule has 4 heteroatoms. The average molecular weight is 330 g/mol. The topological polar surface area (TPSA) is 52.6 Å². The van der Waals surface area contributed by atoms with Crippen molar-refractivity contribution >= 4 is 11.9 Å². The van der Waals surface area contributed by atoms with Crippen molar-refractivity contribution in [1.29, 1.82) is 0 Å². The van der Waals surface area contributed by atoms with Gasteiger partial charge >= 0.3 is 11.9 Å². The van der Waals surface area contributed by atoms with Crippen molar-refractivity contribution in [1.82, 2.24) is 0 Å². The fourth-order valence-corrected chi connectivity index (χ4v) is 4.35. The second-order valence-corrected chi connectivity index (χ2v) is 7.72. The maximum absolute atomic E-state index is 12.1. The van der Waals surface area contributed by atoms with E-state index in [4.69, 9.17) is 9.47 Å². The van der Waals surface area contributed by atoms with Crippen molar-refractivity contribution in [2.45, 2.75) is 51.7 Å². The van der Waals surface area contributed by atoms with Crippen molar-refractivity contribution in [3.05, 3.63) is 36.5 Å². The molecule has 1 heterocycles. The Labute approximate surface area is 143 Å². The first-order valence-corrected chi connectivity index (χ1v) is 8.75. The number of fused-ring (bicyclic) bond motifs is 3. The molecule has 0 aromatic carbocycles. The van der Waals surface area contributed by atoms with Crippen LogP contribution in [0.2, 0.25) is 0 Å².